The molecule has 21 heavy (non-hydrogen) atoms. The second-order valence-corrected chi connectivity index (χ2v) is 3.81. The number of nitrogens with zero attached hydrogens (tertiary/aromatic N) is 3. The van der Waals surface area contributed by atoms with E-state index < -0.39 is 22.1 Å². The molecule has 0 amide bonds. The van der Waals surface area contributed by atoms with E-state index in [0.29, 0.717) is 0 Å². The van der Waals surface area contributed by atoms with E-state index in [0.717, 1.165) is 12.1 Å². The van der Waals surface area contributed by atoms with Crippen molar-refractivity contribution in [1.82, 2.24) is 4.98 Å². The summed E-state index contributed by atoms with van der Waals surface area (Å²) >= 11 is 0. The number of nitro benzene ring substituents is 1. The maximum Gasteiger partial charge on any atom is 0.342 e. The molecule has 0 saturated heterocycles. The van der Waals surface area contributed by atoms with Gasteiger partial charge in [0.25, 0.3) is 5.69 Å². The van der Waals surface area contributed by atoms with Crippen LogP contribution in [-0.4, -0.2) is 21.0 Å². The Labute approximate surface area is 118 Å². The number of hydrogen-bond acceptors (Lipinski definition) is 6. The lowest BCUT2D eigenvalue weighted by molar-refractivity contribution is -0.385. The smallest absolute Gasteiger partial charge is 0.342 e. The number of carbonyl (C=O) groups is 1. The zero-order chi connectivity index (χ0) is 15.4. The van der Waals surface area contributed by atoms with Gasteiger partial charge in [-0.05, 0) is 18.2 Å². The molecule has 2 aromatic rings. The molecule has 8 heteroatoms. The van der Waals surface area contributed by atoms with Gasteiger partial charge in [0.1, 0.15) is 17.4 Å². The van der Waals surface area contributed by atoms with Crippen molar-refractivity contribution in [3.8, 4) is 17.6 Å². The molecule has 104 valence electrons. The van der Waals surface area contributed by atoms with Gasteiger partial charge in [0.05, 0.1) is 4.92 Å². The predicted octanol–water partition coefficient (Wildman–Crippen LogP) is 2.35. The zero-order valence-corrected chi connectivity index (χ0v) is 10.4. The van der Waals surface area contributed by atoms with E-state index in [-0.39, 0.29) is 17.2 Å². The van der Waals surface area contributed by atoms with Crippen LogP contribution in [0.15, 0.2) is 36.5 Å². The van der Waals surface area contributed by atoms with Gasteiger partial charge in [0.15, 0.2) is 11.4 Å². The van der Waals surface area contributed by atoms with E-state index in [4.69, 9.17) is 15.1 Å². The highest BCUT2D eigenvalue weighted by atomic mass is 16.6. The minimum absolute atomic E-state index is 0.0210. The fourth-order valence-electron chi connectivity index (χ4n) is 1.59. The fraction of sp³-hybridized carbons (Fsp3) is 0. The maximum atomic E-state index is 11.0. The summed E-state index contributed by atoms with van der Waals surface area (Å²) in [5, 5.41) is 28.6. The third-order valence-corrected chi connectivity index (χ3v) is 2.50. The maximum absolute atomic E-state index is 11.0. The van der Waals surface area contributed by atoms with E-state index in [2.05, 4.69) is 4.98 Å². The molecule has 1 heterocycles. The Balaban J connectivity index is 2.42. The first-order chi connectivity index (χ1) is 10.0. The van der Waals surface area contributed by atoms with Gasteiger partial charge in [0, 0.05) is 18.3 Å². The third-order valence-electron chi connectivity index (χ3n) is 2.50. The summed E-state index contributed by atoms with van der Waals surface area (Å²) in [6.45, 7) is 0. The van der Waals surface area contributed by atoms with Crippen LogP contribution in [0.3, 0.4) is 0 Å². The lowest BCUT2D eigenvalue weighted by Gasteiger charge is -2.07. The van der Waals surface area contributed by atoms with Crippen molar-refractivity contribution in [2.24, 2.45) is 0 Å². The van der Waals surface area contributed by atoms with Gasteiger partial charge in [0.2, 0.25) is 0 Å². The van der Waals surface area contributed by atoms with Crippen LogP contribution in [0.2, 0.25) is 0 Å². The number of hydrogen-bond donors (Lipinski definition) is 1. The van der Waals surface area contributed by atoms with Crippen molar-refractivity contribution in [3.05, 3.63) is 57.9 Å². The molecule has 0 radical (unpaired) electrons. The summed E-state index contributed by atoms with van der Waals surface area (Å²) in [4.78, 5) is 24.8. The number of carboxylic acid groups (broad SMARTS) is 1. The van der Waals surface area contributed by atoms with Gasteiger partial charge < -0.3 is 9.84 Å². The summed E-state index contributed by atoms with van der Waals surface area (Å²) in [5.41, 5.74) is -1.02. The lowest BCUT2D eigenvalue weighted by atomic mass is 10.1. The zero-order valence-electron chi connectivity index (χ0n) is 10.4. The van der Waals surface area contributed by atoms with Gasteiger partial charge in [-0.15, -0.1) is 0 Å². The highest BCUT2D eigenvalue weighted by Gasteiger charge is 2.20. The second-order valence-electron chi connectivity index (χ2n) is 3.81. The lowest BCUT2D eigenvalue weighted by Crippen LogP contribution is -2.03. The average molecular weight is 285 g/mol. The van der Waals surface area contributed by atoms with Crippen LogP contribution in [0, 0.1) is 21.4 Å². The van der Waals surface area contributed by atoms with Gasteiger partial charge in [-0.2, -0.15) is 5.26 Å². The number of rotatable bonds is 4. The molecule has 0 aliphatic carbocycles. The molecule has 0 atom stereocenters. The SMILES string of the molecule is N#Cc1ncccc1Oc1ccc([N+](=O)[O-])c(C(=O)O)c1. The normalized spacial score (nSPS) is 9.67. The molecule has 1 aromatic carbocycles. The topological polar surface area (TPSA) is 126 Å². The van der Waals surface area contributed by atoms with Crippen molar-refractivity contribution in [1.29, 1.82) is 5.26 Å². The number of aromatic nitrogens is 1. The third kappa shape index (κ3) is 2.93. The molecule has 2 rings (SSSR count). The van der Waals surface area contributed by atoms with Crippen LogP contribution >= 0.6 is 0 Å². The molecule has 0 bridgehead atoms. The molecule has 0 saturated carbocycles. The molecule has 0 aliphatic rings. The summed E-state index contributed by atoms with van der Waals surface area (Å²) in [5.74, 6) is -1.26. The van der Waals surface area contributed by atoms with E-state index in [1.165, 1.54) is 18.3 Å². The number of nitro groups is 1. The highest BCUT2D eigenvalue weighted by molar-refractivity contribution is 5.92. The Hall–Kier alpha value is -3.47. The largest absolute Gasteiger partial charge is 0.477 e. The molecule has 0 spiro atoms. The fourth-order valence-corrected chi connectivity index (χ4v) is 1.59. The van der Waals surface area contributed by atoms with Gasteiger partial charge >= 0.3 is 5.97 Å². The Morgan fingerprint density at radius 2 is 2.19 bits per heavy atom. The summed E-state index contributed by atoms with van der Waals surface area (Å²) < 4.78 is 5.36. The second kappa shape index (κ2) is 5.66. The first kappa shape index (κ1) is 14.0. The van der Waals surface area contributed by atoms with Crippen molar-refractivity contribution < 1.29 is 19.6 Å². The van der Waals surface area contributed by atoms with Crippen molar-refractivity contribution in [2.45, 2.75) is 0 Å². The molecule has 0 unspecified atom stereocenters. The predicted molar refractivity (Wildman–Crippen MR) is 69.1 cm³/mol. The first-order valence-corrected chi connectivity index (χ1v) is 5.57. The van der Waals surface area contributed by atoms with Gasteiger partial charge in [-0.1, -0.05) is 0 Å². The minimum atomic E-state index is -1.45. The number of carboxylic acids is 1. The van der Waals surface area contributed by atoms with Gasteiger partial charge in [-0.25, -0.2) is 9.78 Å². The van der Waals surface area contributed by atoms with Crippen LogP contribution in [0.1, 0.15) is 16.1 Å². The monoisotopic (exact) mass is 285 g/mol. The van der Waals surface area contributed by atoms with E-state index in [9.17, 15) is 14.9 Å². The molecule has 8 nitrogen and oxygen atoms in total. The number of pyridine rings is 1. The number of nitriles is 1. The Morgan fingerprint density at radius 1 is 1.43 bits per heavy atom. The van der Waals surface area contributed by atoms with Crippen molar-refractivity contribution in [2.75, 3.05) is 0 Å². The van der Waals surface area contributed by atoms with E-state index in [1.54, 1.807) is 6.07 Å². The molecule has 0 fully saturated rings. The Kier molecular flexibility index (Phi) is 3.76. The van der Waals surface area contributed by atoms with Gasteiger partial charge in [-0.3, -0.25) is 10.1 Å². The average Bonchev–Trinajstić information content (AvgIpc) is 2.47. The van der Waals surface area contributed by atoms with E-state index >= 15 is 0 Å². The van der Waals surface area contributed by atoms with Crippen molar-refractivity contribution in [3.63, 3.8) is 0 Å². The molecule has 0 aliphatic heterocycles. The van der Waals surface area contributed by atoms with Crippen LogP contribution in [0.5, 0.6) is 11.5 Å². The van der Waals surface area contributed by atoms with E-state index in [1.807, 2.05) is 6.07 Å². The van der Waals surface area contributed by atoms with Crippen LogP contribution < -0.4 is 4.74 Å². The van der Waals surface area contributed by atoms with Crippen LogP contribution in [0.25, 0.3) is 0 Å². The highest BCUT2D eigenvalue weighted by Crippen LogP contribution is 2.28. The number of aromatic carboxylic acids is 1. The number of benzene rings is 1. The van der Waals surface area contributed by atoms with Crippen LogP contribution in [0.4, 0.5) is 5.69 Å². The quantitative estimate of drug-likeness (QED) is 0.674. The molecule has 1 aromatic heterocycles. The first-order valence-electron chi connectivity index (χ1n) is 5.57. The summed E-state index contributed by atoms with van der Waals surface area (Å²) in [6.07, 6.45) is 1.41. The van der Waals surface area contributed by atoms with Crippen LogP contribution in [-0.2, 0) is 0 Å². The Bertz CT molecular complexity index is 767. The summed E-state index contributed by atoms with van der Waals surface area (Å²) in [6, 6.07) is 8.14. The standard InChI is InChI=1S/C13H7N3O5/c14-7-10-12(2-1-5-15-10)21-8-3-4-11(16(19)20)9(6-8)13(17)18/h1-6H,(H,17,18). The minimum Gasteiger partial charge on any atom is -0.477 e. The Morgan fingerprint density at radius 3 is 2.81 bits per heavy atom. The molecule has 1 N–H and O–H groups in total. The summed E-state index contributed by atoms with van der Waals surface area (Å²) in [7, 11) is 0. The van der Waals surface area contributed by atoms with Crippen molar-refractivity contribution >= 4 is 11.7 Å². The molecular weight excluding hydrogens is 278 g/mol. The molecular formula is C13H7N3O5. The number of ether oxygens (including phenoxy) is 1.